The number of amides is 2. The average Bonchev–Trinajstić information content (AvgIpc) is 3.49. The Morgan fingerprint density at radius 3 is 2.26 bits per heavy atom. The van der Waals surface area contributed by atoms with Crippen LogP contribution in [0, 0.1) is 0 Å². The van der Waals surface area contributed by atoms with Crippen molar-refractivity contribution in [2.24, 2.45) is 5.73 Å². The summed E-state index contributed by atoms with van der Waals surface area (Å²) in [4.78, 5) is 42.6. The molecule has 252 valence electrons. The van der Waals surface area contributed by atoms with Crippen LogP contribution in [-0.2, 0) is 21.3 Å². The lowest BCUT2D eigenvalue weighted by atomic mass is 10.0. The zero-order chi connectivity index (χ0) is 33.4. The van der Waals surface area contributed by atoms with E-state index in [1.54, 1.807) is 4.90 Å². The Morgan fingerprint density at radius 1 is 1.07 bits per heavy atom. The number of aryl methyl sites for hydroxylation is 1. The molecule has 0 radical (unpaired) electrons. The van der Waals surface area contributed by atoms with Crippen molar-refractivity contribution in [1.82, 2.24) is 24.7 Å². The third kappa shape index (κ3) is 9.85. The zero-order valence-corrected chi connectivity index (χ0v) is 27.7. The summed E-state index contributed by atoms with van der Waals surface area (Å²) in [5.74, 6) is -0.183. The van der Waals surface area contributed by atoms with E-state index in [0.29, 0.717) is 49.8 Å². The number of primary amides is 1. The second-order valence-electron chi connectivity index (χ2n) is 11.9. The van der Waals surface area contributed by atoms with Gasteiger partial charge in [0.05, 0.1) is 12.8 Å². The van der Waals surface area contributed by atoms with Gasteiger partial charge in [-0.15, -0.1) is 0 Å². The molecule has 46 heavy (non-hydrogen) atoms. The van der Waals surface area contributed by atoms with Crippen molar-refractivity contribution in [3.63, 3.8) is 0 Å². The Bertz CT molecular complexity index is 1460. The van der Waals surface area contributed by atoms with Crippen LogP contribution in [0.2, 0.25) is 0 Å². The summed E-state index contributed by atoms with van der Waals surface area (Å²) >= 11 is 0. The maximum absolute atomic E-state index is 12.3. The number of ether oxygens (including phenoxy) is 1. The van der Waals surface area contributed by atoms with Crippen LogP contribution in [0.1, 0.15) is 42.4 Å². The number of carbonyl (C=O) groups is 2. The molecule has 0 spiro atoms. The average molecular weight is 659 g/mol. The molecule has 0 saturated carbocycles. The maximum Gasteiger partial charge on any atom is 0.271 e. The van der Waals surface area contributed by atoms with Gasteiger partial charge in [0.2, 0.25) is 11.8 Å². The van der Waals surface area contributed by atoms with Crippen LogP contribution in [0.4, 0.5) is 17.2 Å². The SMILES string of the molecule is C=CC(=O)N1CCC(Oc2nc(Nc3ccc(N4CCC(N5CCN(C)CC5)CC4)cc3)c(C(N)=O)nc2CC)C1.CS(=O)(=O)O. The smallest absolute Gasteiger partial charge is 0.271 e. The van der Waals surface area contributed by atoms with Crippen molar-refractivity contribution in [2.75, 3.05) is 75.9 Å². The number of piperidine rings is 1. The standard InChI is InChI=1S/C30H42N8O3.CH4O3S/c1-4-25-30(41-24-12-15-38(20-24)26(39)5-2)34-29(27(33-25)28(31)40)32-21-6-8-22(9-7-21)36-13-10-23(11-14-36)37-18-16-35(3)17-19-37;1-5(2,3)4/h5-9,23-24H,2,4,10-20H2,1,3H3,(H2,31,40)(H,32,34);1H3,(H,2,3,4). The fraction of sp³-hybridized carbons (Fsp3) is 0.548. The number of hydrogen-bond acceptors (Lipinski definition) is 11. The number of nitrogens with two attached hydrogens (primary N) is 1. The molecular weight excluding hydrogens is 612 g/mol. The van der Waals surface area contributed by atoms with E-state index in [-0.39, 0.29) is 23.5 Å². The summed E-state index contributed by atoms with van der Waals surface area (Å²) in [5, 5.41) is 3.23. The first-order valence-corrected chi connectivity index (χ1v) is 17.4. The quantitative estimate of drug-likeness (QED) is 0.264. The van der Waals surface area contributed by atoms with Crippen LogP contribution < -0.4 is 20.7 Å². The number of nitrogens with zero attached hydrogens (tertiary/aromatic N) is 6. The molecule has 3 aliphatic heterocycles. The summed E-state index contributed by atoms with van der Waals surface area (Å²) in [6.45, 7) is 13.2. The Hall–Kier alpha value is -3.79. The largest absolute Gasteiger partial charge is 0.471 e. The highest BCUT2D eigenvalue weighted by atomic mass is 32.2. The fourth-order valence-corrected chi connectivity index (χ4v) is 5.92. The third-order valence-electron chi connectivity index (χ3n) is 8.42. The lowest BCUT2D eigenvalue weighted by molar-refractivity contribution is -0.125. The first-order chi connectivity index (χ1) is 21.8. The molecular formula is C31H46N8O6S. The monoisotopic (exact) mass is 658 g/mol. The number of likely N-dealkylation sites (tertiary alicyclic amines) is 1. The van der Waals surface area contributed by atoms with Gasteiger partial charge in [-0.2, -0.15) is 13.4 Å². The van der Waals surface area contributed by atoms with Gasteiger partial charge in [0.25, 0.3) is 16.0 Å². The predicted molar refractivity (Wildman–Crippen MR) is 177 cm³/mol. The second kappa shape index (κ2) is 15.7. The molecule has 1 aromatic heterocycles. The molecule has 0 aliphatic carbocycles. The van der Waals surface area contributed by atoms with Gasteiger partial charge in [0, 0.05) is 69.7 Å². The molecule has 14 nitrogen and oxygen atoms in total. The molecule has 4 heterocycles. The van der Waals surface area contributed by atoms with Crippen LogP contribution in [-0.4, -0.2) is 127 Å². The fourth-order valence-electron chi connectivity index (χ4n) is 5.92. The first-order valence-electron chi connectivity index (χ1n) is 15.6. The normalized spacial score (nSPS) is 19.7. The summed E-state index contributed by atoms with van der Waals surface area (Å²) in [5.41, 5.74) is 8.25. The minimum Gasteiger partial charge on any atom is -0.471 e. The number of likely N-dealkylation sites (N-methyl/N-ethyl adjacent to an activating group) is 1. The van der Waals surface area contributed by atoms with E-state index in [4.69, 9.17) is 15.0 Å². The van der Waals surface area contributed by atoms with Crippen molar-refractivity contribution in [1.29, 1.82) is 0 Å². The van der Waals surface area contributed by atoms with Gasteiger partial charge in [0.1, 0.15) is 11.8 Å². The van der Waals surface area contributed by atoms with Crippen molar-refractivity contribution in [3.05, 3.63) is 48.3 Å². The first kappa shape index (κ1) is 35.1. The molecule has 1 atom stereocenters. The van der Waals surface area contributed by atoms with E-state index >= 15 is 0 Å². The molecule has 4 N–H and O–H groups in total. The number of aromatic nitrogens is 2. The van der Waals surface area contributed by atoms with Gasteiger partial charge in [-0.3, -0.25) is 19.0 Å². The van der Waals surface area contributed by atoms with Gasteiger partial charge in [0.15, 0.2) is 11.5 Å². The number of rotatable bonds is 9. The summed E-state index contributed by atoms with van der Waals surface area (Å²) in [7, 11) is -1.47. The number of carbonyl (C=O) groups excluding carboxylic acids is 2. The van der Waals surface area contributed by atoms with Crippen LogP contribution >= 0.6 is 0 Å². The molecule has 5 rings (SSSR count). The second-order valence-corrected chi connectivity index (χ2v) is 13.3. The molecule has 2 amide bonds. The Kier molecular flexibility index (Phi) is 11.9. The molecule has 15 heteroatoms. The molecule has 1 unspecified atom stereocenters. The van der Waals surface area contributed by atoms with Crippen LogP contribution in [0.25, 0.3) is 0 Å². The van der Waals surface area contributed by atoms with Gasteiger partial charge < -0.3 is 30.5 Å². The molecule has 1 aromatic carbocycles. The predicted octanol–water partition coefficient (Wildman–Crippen LogP) is 1.77. The van der Waals surface area contributed by atoms with E-state index < -0.39 is 16.0 Å². The number of piperazine rings is 1. The number of nitrogens with one attached hydrogen (secondary N) is 1. The van der Waals surface area contributed by atoms with Gasteiger partial charge >= 0.3 is 0 Å². The molecule has 2 aromatic rings. The molecule has 0 bridgehead atoms. The van der Waals surface area contributed by atoms with Gasteiger partial charge in [-0.25, -0.2) is 4.98 Å². The molecule has 3 fully saturated rings. The van der Waals surface area contributed by atoms with Crippen molar-refractivity contribution < 1.29 is 27.3 Å². The van der Waals surface area contributed by atoms with Crippen LogP contribution in [0.3, 0.4) is 0 Å². The highest BCUT2D eigenvalue weighted by Gasteiger charge is 2.29. The highest BCUT2D eigenvalue weighted by molar-refractivity contribution is 7.85. The Balaban J connectivity index is 0.000000892. The highest BCUT2D eigenvalue weighted by Crippen LogP contribution is 2.29. The molecule has 3 aliphatic rings. The van der Waals surface area contributed by atoms with Crippen LogP contribution in [0.15, 0.2) is 36.9 Å². The Morgan fingerprint density at radius 2 is 1.70 bits per heavy atom. The van der Waals surface area contributed by atoms with E-state index in [9.17, 15) is 18.0 Å². The van der Waals surface area contributed by atoms with Crippen LogP contribution in [0.5, 0.6) is 5.88 Å². The molecule has 3 saturated heterocycles. The lowest BCUT2D eigenvalue weighted by Gasteiger charge is -2.42. The van der Waals surface area contributed by atoms with E-state index in [0.717, 1.165) is 45.0 Å². The minimum atomic E-state index is -3.67. The summed E-state index contributed by atoms with van der Waals surface area (Å²) in [6.07, 6.45) is 5.36. The van der Waals surface area contributed by atoms with Crippen molar-refractivity contribution in [3.8, 4) is 5.88 Å². The number of anilines is 3. The minimum absolute atomic E-state index is 0.0686. The van der Waals surface area contributed by atoms with Gasteiger partial charge in [-0.05, 0) is 56.7 Å². The van der Waals surface area contributed by atoms with E-state index in [1.165, 1.54) is 24.6 Å². The Labute approximate surface area is 271 Å². The number of benzene rings is 1. The van der Waals surface area contributed by atoms with E-state index in [2.05, 4.69) is 55.7 Å². The van der Waals surface area contributed by atoms with Crippen molar-refractivity contribution >= 4 is 39.1 Å². The number of hydrogen-bond donors (Lipinski definition) is 3. The van der Waals surface area contributed by atoms with Gasteiger partial charge in [-0.1, -0.05) is 13.5 Å². The zero-order valence-electron chi connectivity index (χ0n) is 26.9. The summed E-state index contributed by atoms with van der Waals surface area (Å²) in [6, 6.07) is 8.83. The summed E-state index contributed by atoms with van der Waals surface area (Å²) < 4.78 is 32.1. The van der Waals surface area contributed by atoms with E-state index in [1.807, 2.05) is 19.1 Å². The third-order valence-corrected chi connectivity index (χ3v) is 8.42. The topological polar surface area (TPSA) is 175 Å². The maximum atomic E-state index is 12.3. The lowest BCUT2D eigenvalue weighted by Crippen LogP contribution is -2.52. The van der Waals surface area contributed by atoms with Crippen molar-refractivity contribution in [2.45, 2.75) is 44.8 Å².